The lowest BCUT2D eigenvalue weighted by Gasteiger charge is -2.44. The van der Waals surface area contributed by atoms with Gasteiger partial charge < -0.3 is 24.4 Å². The summed E-state index contributed by atoms with van der Waals surface area (Å²) in [5.41, 5.74) is 4.24. The molecule has 2 saturated heterocycles. The number of aromatic nitrogens is 2. The number of methoxy groups -OCH3 is 1. The number of benzene rings is 2. The second-order valence-corrected chi connectivity index (χ2v) is 13.9. The number of nitrogens with zero attached hydrogens (tertiary/aromatic N) is 4. The van der Waals surface area contributed by atoms with Crippen molar-refractivity contribution in [3.8, 4) is 5.75 Å². The van der Waals surface area contributed by atoms with Gasteiger partial charge in [-0.1, -0.05) is 12.1 Å². The molecule has 0 saturated carbocycles. The van der Waals surface area contributed by atoms with E-state index < -0.39 is 17.6 Å². The van der Waals surface area contributed by atoms with Gasteiger partial charge >= 0.3 is 6.09 Å². The molecule has 3 aliphatic rings. The molecule has 0 spiro atoms. The number of rotatable bonds is 7. The minimum Gasteiger partial charge on any atom is -0.496 e. The van der Waals surface area contributed by atoms with E-state index in [-0.39, 0.29) is 30.9 Å². The highest BCUT2D eigenvalue weighted by molar-refractivity contribution is 5.84. The van der Waals surface area contributed by atoms with E-state index in [2.05, 4.69) is 17.4 Å². The van der Waals surface area contributed by atoms with Crippen molar-refractivity contribution in [2.45, 2.75) is 96.2 Å². The van der Waals surface area contributed by atoms with E-state index in [0.717, 1.165) is 66.1 Å². The van der Waals surface area contributed by atoms with Crippen LogP contribution < -0.4 is 10.1 Å². The van der Waals surface area contributed by atoms with Gasteiger partial charge in [0.2, 0.25) is 0 Å². The summed E-state index contributed by atoms with van der Waals surface area (Å²) in [5.74, 6) is -2.26. The first-order valence-electron chi connectivity index (χ1n) is 16.0. The standard InChI is InChI=1S/C34H45F2N5O4/c1-21-15-26-24(12-13-28-27(26)17-37-41(28)30-9-7-8-14-44-30)31(40(21)20-34(5,35)36)25-11-10-22(16-29(25)43-6)38-23-18-39(19-23)32(42)45-33(2,3)4/h10-13,16-17,21,23,30-31,38H,7-9,14-15,18-20H2,1-6H3/t21-,30?,31?/m1/s1. The fourth-order valence-electron chi connectivity index (χ4n) is 6.89. The average molecular weight is 626 g/mol. The van der Waals surface area contributed by atoms with Crippen LogP contribution in [-0.2, 0) is 15.9 Å². The Bertz CT molecular complexity index is 1540. The maximum atomic E-state index is 14.7. The van der Waals surface area contributed by atoms with Crippen molar-refractivity contribution in [1.29, 1.82) is 0 Å². The van der Waals surface area contributed by atoms with Crippen molar-refractivity contribution in [2.75, 3.05) is 38.7 Å². The van der Waals surface area contributed by atoms with E-state index >= 15 is 0 Å². The predicted octanol–water partition coefficient (Wildman–Crippen LogP) is 6.77. The van der Waals surface area contributed by atoms with Crippen molar-refractivity contribution in [1.82, 2.24) is 19.6 Å². The smallest absolute Gasteiger partial charge is 0.410 e. The Morgan fingerprint density at radius 1 is 1.11 bits per heavy atom. The number of alkyl halides is 2. The van der Waals surface area contributed by atoms with Gasteiger partial charge in [-0.2, -0.15) is 5.10 Å². The number of carbonyl (C=O) groups excluding carboxylic acids is 1. The molecule has 3 atom stereocenters. The summed E-state index contributed by atoms with van der Waals surface area (Å²) in [6, 6.07) is 9.46. The first-order valence-corrected chi connectivity index (χ1v) is 16.0. The van der Waals surface area contributed by atoms with Gasteiger partial charge in [-0.05, 0) is 76.6 Å². The number of amides is 1. The zero-order chi connectivity index (χ0) is 32.1. The third kappa shape index (κ3) is 6.60. The minimum atomic E-state index is -2.88. The van der Waals surface area contributed by atoms with E-state index in [1.807, 2.05) is 61.7 Å². The Morgan fingerprint density at radius 2 is 1.87 bits per heavy atom. The van der Waals surface area contributed by atoms with Crippen molar-refractivity contribution < 1.29 is 27.8 Å². The van der Waals surface area contributed by atoms with Crippen molar-refractivity contribution in [2.24, 2.45) is 0 Å². The second-order valence-electron chi connectivity index (χ2n) is 13.9. The molecule has 0 radical (unpaired) electrons. The minimum absolute atomic E-state index is 0.0664. The van der Waals surface area contributed by atoms with E-state index in [1.165, 1.54) is 0 Å². The van der Waals surface area contributed by atoms with Gasteiger partial charge in [0, 0.05) is 55.4 Å². The van der Waals surface area contributed by atoms with Gasteiger partial charge in [0.15, 0.2) is 6.23 Å². The number of likely N-dealkylation sites (tertiary alicyclic amines) is 1. The molecule has 9 nitrogen and oxygen atoms in total. The van der Waals surface area contributed by atoms with Crippen LogP contribution in [0.25, 0.3) is 10.9 Å². The summed E-state index contributed by atoms with van der Waals surface area (Å²) in [7, 11) is 1.61. The molecule has 244 valence electrons. The largest absolute Gasteiger partial charge is 0.496 e. The second kappa shape index (κ2) is 12.1. The number of carbonyl (C=O) groups is 1. The van der Waals surface area contributed by atoms with Crippen LogP contribution in [0, 0.1) is 0 Å². The van der Waals surface area contributed by atoms with Crippen LogP contribution in [0.5, 0.6) is 5.75 Å². The third-order valence-corrected chi connectivity index (χ3v) is 8.94. The van der Waals surface area contributed by atoms with Crippen LogP contribution in [0.1, 0.15) is 82.8 Å². The molecule has 1 amide bonds. The van der Waals surface area contributed by atoms with Gasteiger partial charge in [0.1, 0.15) is 11.4 Å². The lowest BCUT2D eigenvalue weighted by atomic mass is 9.83. The molecule has 2 aromatic carbocycles. The topological polar surface area (TPSA) is 81.1 Å². The molecule has 3 aliphatic heterocycles. The first-order chi connectivity index (χ1) is 21.3. The molecular formula is C34H45F2N5O4. The van der Waals surface area contributed by atoms with Crippen LogP contribution in [0.15, 0.2) is 36.5 Å². The van der Waals surface area contributed by atoms with Crippen molar-refractivity contribution in [3.63, 3.8) is 0 Å². The predicted molar refractivity (Wildman–Crippen MR) is 169 cm³/mol. The van der Waals surface area contributed by atoms with Crippen LogP contribution in [0.3, 0.4) is 0 Å². The highest BCUT2D eigenvalue weighted by atomic mass is 19.3. The maximum absolute atomic E-state index is 14.7. The molecule has 3 aromatic rings. The Morgan fingerprint density at radius 3 is 2.53 bits per heavy atom. The number of hydrogen-bond donors (Lipinski definition) is 1. The van der Waals surface area contributed by atoms with Crippen LogP contribution in [-0.4, -0.2) is 82.6 Å². The molecule has 6 rings (SSSR count). The number of hydrogen-bond acceptors (Lipinski definition) is 7. The van der Waals surface area contributed by atoms with E-state index in [9.17, 15) is 13.6 Å². The quantitative estimate of drug-likeness (QED) is 0.311. The molecule has 1 aromatic heterocycles. The fourth-order valence-corrected chi connectivity index (χ4v) is 6.89. The Kier molecular flexibility index (Phi) is 8.45. The number of halogens is 2. The maximum Gasteiger partial charge on any atom is 0.410 e. The molecule has 45 heavy (non-hydrogen) atoms. The summed E-state index contributed by atoms with van der Waals surface area (Å²) in [4.78, 5) is 15.9. The molecule has 0 aliphatic carbocycles. The highest BCUT2D eigenvalue weighted by Crippen LogP contribution is 2.45. The summed E-state index contributed by atoms with van der Waals surface area (Å²) in [6.07, 6.45) is 5.21. The summed E-state index contributed by atoms with van der Waals surface area (Å²) < 4.78 is 48.8. The zero-order valence-corrected chi connectivity index (χ0v) is 27.1. The van der Waals surface area contributed by atoms with Crippen LogP contribution in [0.4, 0.5) is 19.3 Å². The Labute approximate surface area is 263 Å². The fraction of sp³-hybridized carbons (Fsp3) is 0.588. The highest BCUT2D eigenvalue weighted by Gasteiger charge is 2.40. The molecule has 0 bridgehead atoms. The van der Waals surface area contributed by atoms with Gasteiger partial charge in [0.05, 0.1) is 37.5 Å². The normalized spacial score (nSPS) is 23.0. The van der Waals surface area contributed by atoms with Crippen LogP contribution in [0.2, 0.25) is 0 Å². The summed E-state index contributed by atoms with van der Waals surface area (Å²) in [6.45, 7) is 9.96. The molecule has 11 heteroatoms. The number of nitrogens with one attached hydrogen (secondary N) is 1. The van der Waals surface area contributed by atoms with Gasteiger partial charge in [0.25, 0.3) is 5.92 Å². The average Bonchev–Trinajstić information content (AvgIpc) is 3.39. The van der Waals surface area contributed by atoms with Gasteiger partial charge in [-0.15, -0.1) is 0 Å². The Balaban J connectivity index is 1.31. The van der Waals surface area contributed by atoms with Gasteiger partial charge in [-0.25, -0.2) is 18.3 Å². The SMILES string of the molecule is COc1cc(NC2CN(C(=O)OC(C)(C)C)C2)ccc1C1c2ccc3c(cnn3C3CCCCO3)c2C[C@@H](C)N1CC(C)(F)F. The molecule has 4 heterocycles. The summed E-state index contributed by atoms with van der Waals surface area (Å²) >= 11 is 0. The first kappa shape index (κ1) is 31.5. The number of anilines is 1. The third-order valence-electron chi connectivity index (χ3n) is 8.94. The zero-order valence-electron chi connectivity index (χ0n) is 27.1. The molecule has 1 N–H and O–H groups in total. The molecule has 2 unspecified atom stereocenters. The molecular weight excluding hydrogens is 580 g/mol. The number of ether oxygens (including phenoxy) is 3. The number of fused-ring (bicyclic) bond motifs is 3. The van der Waals surface area contributed by atoms with Crippen molar-refractivity contribution >= 4 is 22.7 Å². The van der Waals surface area contributed by atoms with Crippen molar-refractivity contribution in [3.05, 3.63) is 53.2 Å². The summed E-state index contributed by atoms with van der Waals surface area (Å²) in [5, 5.41) is 9.26. The molecule has 2 fully saturated rings. The lowest BCUT2D eigenvalue weighted by Crippen LogP contribution is -2.57. The van der Waals surface area contributed by atoms with E-state index in [4.69, 9.17) is 19.3 Å². The van der Waals surface area contributed by atoms with E-state index in [0.29, 0.717) is 25.3 Å². The van der Waals surface area contributed by atoms with E-state index in [1.54, 1.807) is 12.0 Å². The lowest BCUT2D eigenvalue weighted by molar-refractivity contribution is -0.0371. The van der Waals surface area contributed by atoms with Gasteiger partial charge in [-0.3, -0.25) is 4.90 Å². The Hall–Kier alpha value is -3.44. The monoisotopic (exact) mass is 625 g/mol. The van der Waals surface area contributed by atoms with Crippen LogP contribution >= 0.6 is 0 Å².